The Balaban J connectivity index is 1.94. The number of halogens is 2. The third-order valence-electron chi connectivity index (χ3n) is 6.64. The molecule has 0 radical (unpaired) electrons. The molecular weight excluding hydrogens is 401 g/mol. The highest BCUT2D eigenvalue weighted by Gasteiger charge is 2.49. The summed E-state index contributed by atoms with van der Waals surface area (Å²) in [6.45, 7) is 8.90. The fourth-order valence-corrected chi connectivity index (χ4v) is 4.75. The summed E-state index contributed by atoms with van der Waals surface area (Å²) in [7, 11) is 0. The van der Waals surface area contributed by atoms with Gasteiger partial charge in [0.15, 0.2) is 5.69 Å². The highest BCUT2D eigenvalue weighted by atomic mass is 19.2. The highest BCUT2D eigenvalue weighted by Crippen LogP contribution is 2.42. The molecule has 2 nitrogen and oxygen atoms in total. The van der Waals surface area contributed by atoms with Gasteiger partial charge in [-0.3, -0.25) is 0 Å². The van der Waals surface area contributed by atoms with Gasteiger partial charge in [0.2, 0.25) is 0 Å². The zero-order valence-corrected chi connectivity index (χ0v) is 19.6. The molecule has 0 saturated heterocycles. The van der Waals surface area contributed by atoms with Gasteiger partial charge < -0.3 is 17.6 Å². The van der Waals surface area contributed by atoms with Crippen LogP contribution in [0, 0.1) is 0 Å². The second-order valence-electron chi connectivity index (χ2n) is 11.0. The molecule has 0 aliphatic carbocycles. The molecule has 1 aliphatic rings. The van der Waals surface area contributed by atoms with Gasteiger partial charge in [-0.2, -0.15) is 0 Å². The monoisotopic (exact) mass is 430 g/mol. The highest BCUT2D eigenvalue weighted by molar-refractivity contribution is 6.60. The van der Waals surface area contributed by atoms with Crippen LogP contribution in [0.3, 0.4) is 0 Å². The Kier molecular flexibility index (Phi) is 4.27. The predicted octanol–water partition coefficient (Wildman–Crippen LogP) is 7.39. The number of fused-ring (bicyclic) bond motifs is 3. The maximum absolute atomic E-state index is 16.2. The molecule has 0 fully saturated rings. The van der Waals surface area contributed by atoms with Crippen LogP contribution in [-0.4, -0.2) is 22.1 Å². The minimum Gasteiger partial charge on any atom is -0.389 e. The van der Waals surface area contributed by atoms with Crippen LogP contribution in [-0.2, 0) is 10.8 Å². The summed E-state index contributed by atoms with van der Waals surface area (Å²) in [5.41, 5.74) is 4.65. The molecule has 32 heavy (non-hydrogen) atoms. The number of rotatable bonds is 1. The smallest absolute Gasteiger partial charge is 0.389 e. The van der Waals surface area contributed by atoms with E-state index in [9.17, 15) is 0 Å². The first-order chi connectivity index (χ1) is 14.9. The number of hydrogen-bond acceptors (Lipinski definition) is 0. The summed E-state index contributed by atoms with van der Waals surface area (Å²) in [4.78, 5) is 0. The van der Waals surface area contributed by atoms with Crippen LogP contribution in [0.1, 0.15) is 58.2 Å². The lowest BCUT2D eigenvalue weighted by molar-refractivity contribution is -0.325. The van der Waals surface area contributed by atoms with Crippen molar-refractivity contribution in [3.05, 3.63) is 77.4 Å². The maximum atomic E-state index is 16.2. The molecule has 3 aromatic carbocycles. The van der Waals surface area contributed by atoms with Gasteiger partial charge in [-0.05, 0) is 46.2 Å². The van der Waals surface area contributed by atoms with E-state index in [1.807, 2.05) is 18.2 Å². The lowest BCUT2D eigenvalue weighted by Crippen LogP contribution is -2.47. The van der Waals surface area contributed by atoms with Gasteiger partial charge in [-0.25, -0.2) is 0 Å². The minimum atomic E-state index is -4.05. The molecule has 5 heteroatoms. The van der Waals surface area contributed by atoms with Crippen LogP contribution in [0.5, 0.6) is 0 Å². The molecule has 0 spiro atoms. The first kappa shape index (κ1) is 20.9. The van der Waals surface area contributed by atoms with Gasteiger partial charge in [0, 0.05) is 33.9 Å². The summed E-state index contributed by atoms with van der Waals surface area (Å²) >= 11 is 0. The van der Waals surface area contributed by atoms with Gasteiger partial charge in [-0.15, -0.1) is 0 Å². The molecule has 5 rings (SSSR count). The van der Waals surface area contributed by atoms with E-state index in [2.05, 4.69) is 59.7 Å². The predicted molar refractivity (Wildman–Crippen MR) is 132 cm³/mol. The van der Waals surface area contributed by atoms with Crippen molar-refractivity contribution in [3.63, 3.8) is 0 Å². The van der Waals surface area contributed by atoms with Crippen molar-refractivity contribution >= 4 is 40.7 Å². The Hall–Kier alpha value is -2.95. The number of hydrogen-bond donors (Lipinski definition) is 0. The second kappa shape index (κ2) is 6.54. The zero-order valence-electron chi connectivity index (χ0n) is 19.6. The third-order valence-corrected chi connectivity index (χ3v) is 6.64. The molecule has 1 aliphatic heterocycles. The van der Waals surface area contributed by atoms with Crippen LogP contribution in [0.2, 0.25) is 0 Å². The SMILES string of the molecule is CC(C)(C)c1ccc2c(c1)c1cc(C(C)(C)C)cc3c1n2[B-](F)(F)[N+](c1ccccc1)=C3. The van der Waals surface area contributed by atoms with Crippen molar-refractivity contribution in [3.8, 4) is 0 Å². The number of benzene rings is 3. The standard InChI is InChI=1S/C27H29BF2N2/c1-26(2,3)19-12-13-24-22(15-19)23-16-20(27(4,5)6)14-18-17-31(21-10-8-7-9-11-21)28(29,30)32(24)25(18)23/h7-17H,1-6H3. The van der Waals surface area contributed by atoms with E-state index in [1.54, 1.807) is 30.5 Å². The zero-order chi connectivity index (χ0) is 23.1. The van der Waals surface area contributed by atoms with Gasteiger partial charge in [0.25, 0.3) is 0 Å². The van der Waals surface area contributed by atoms with Crippen molar-refractivity contribution in [1.29, 1.82) is 0 Å². The van der Waals surface area contributed by atoms with E-state index >= 15 is 8.63 Å². The second-order valence-corrected chi connectivity index (χ2v) is 11.0. The van der Waals surface area contributed by atoms with E-state index in [-0.39, 0.29) is 10.8 Å². The molecule has 0 atom stereocenters. The van der Waals surface area contributed by atoms with Crippen LogP contribution < -0.4 is 0 Å². The number of para-hydroxylation sites is 1. The van der Waals surface area contributed by atoms with Crippen molar-refractivity contribution in [2.75, 3.05) is 0 Å². The molecule has 2 heterocycles. The topological polar surface area (TPSA) is 7.94 Å². The summed E-state index contributed by atoms with van der Waals surface area (Å²) in [5, 5.41) is 1.80. The van der Waals surface area contributed by atoms with E-state index in [4.69, 9.17) is 0 Å². The first-order valence-corrected chi connectivity index (χ1v) is 11.2. The maximum Gasteiger partial charge on any atom is 0.737 e. The number of aromatic nitrogens is 1. The Morgan fingerprint density at radius 3 is 2.00 bits per heavy atom. The largest absolute Gasteiger partial charge is 0.737 e. The molecular formula is C27H29BF2N2. The molecule has 1 aromatic heterocycles. The third kappa shape index (κ3) is 3.01. The molecule has 4 aromatic rings. The van der Waals surface area contributed by atoms with Crippen LogP contribution in [0.4, 0.5) is 14.3 Å². The summed E-state index contributed by atoms with van der Waals surface area (Å²) in [6, 6.07) is 19.1. The number of nitrogens with zero attached hydrogens (tertiary/aromatic N) is 2. The first-order valence-electron chi connectivity index (χ1n) is 11.2. The quantitative estimate of drug-likeness (QED) is 0.278. The Morgan fingerprint density at radius 1 is 0.750 bits per heavy atom. The Bertz CT molecular complexity index is 1400. The summed E-state index contributed by atoms with van der Waals surface area (Å²) < 4.78 is 34.8. The van der Waals surface area contributed by atoms with Crippen molar-refractivity contribution in [2.45, 2.75) is 52.4 Å². The van der Waals surface area contributed by atoms with E-state index in [0.717, 1.165) is 31.9 Å². The minimum absolute atomic E-state index is 0.0663. The molecule has 164 valence electrons. The molecule has 0 bridgehead atoms. The van der Waals surface area contributed by atoms with Crippen molar-refractivity contribution in [1.82, 2.24) is 4.48 Å². The molecule has 0 saturated carbocycles. The van der Waals surface area contributed by atoms with Gasteiger partial charge >= 0.3 is 6.97 Å². The van der Waals surface area contributed by atoms with E-state index in [1.165, 1.54) is 4.48 Å². The van der Waals surface area contributed by atoms with Crippen LogP contribution in [0.15, 0.2) is 60.7 Å². The molecule has 0 N–H and O–H groups in total. The Labute approximate surface area is 188 Å². The van der Waals surface area contributed by atoms with Gasteiger partial charge in [0.1, 0.15) is 6.21 Å². The Morgan fingerprint density at radius 2 is 1.38 bits per heavy atom. The lowest BCUT2D eigenvalue weighted by atomic mass is 9.83. The van der Waals surface area contributed by atoms with Gasteiger partial charge in [0.05, 0.1) is 5.56 Å². The molecule has 0 unspecified atom stereocenters. The fraction of sp³-hybridized carbons (Fsp3) is 0.296. The summed E-state index contributed by atoms with van der Waals surface area (Å²) in [6.07, 6.45) is 1.64. The van der Waals surface area contributed by atoms with E-state index < -0.39 is 6.97 Å². The van der Waals surface area contributed by atoms with Gasteiger partial charge in [-0.1, -0.05) is 65.8 Å². The van der Waals surface area contributed by atoms with Crippen LogP contribution >= 0.6 is 0 Å². The van der Waals surface area contributed by atoms with Crippen molar-refractivity contribution < 1.29 is 13.1 Å². The summed E-state index contributed by atoms with van der Waals surface area (Å²) in [5.74, 6) is 0. The van der Waals surface area contributed by atoms with E-state index in [0.29, 0.717) is 16.7 Å². The average Bonchev–Trinajstić information content (AvgIpc) is 3.05. The average molecular weight is 430 g/mol. The van der Waals surface area contributed by atoms with Crippen molar-refractivity contribution in [2.24, 2.45) is 0 Å². The fourth-order valence-electron chi connectivity index (χ4n) is 4.75. The molecule has 0 amide bonds. The van der Waals surface area contributed by atoms with Crippen LogP contribution in [0.25, 0.3) is 21.8 Å². The lowest BCUT2D eigenvalue weighted by Gasteiger charge is -2.30. The normalized spacial score (nSPS) is 15.9.